The van der Waals surface area contributed by atoms with E-state index >= 15 is 0 Å². The highest BCUT2D eigenvalue weighted by Crippen LogP contribution is 2.29. The van der Waals surface area contributed by atoms with Crippen LogP contribution in [0.15, 0.2) is 0 Å². The van der Waals surface area contributed by atoms with Crippen LogP contribution >= 0.6 is 0 Å². The molecule has 0 bridgehead atoms. The first-order chi connectivity index (χ1) is 6.37. The standard InChI is InChI=1S/C10H19NO3/c1-5-10(4,6-2)8(9(13)14)11-7(3)12/h8H,5-6H2,1-4H3,(H,11,12)(H,13,14). The molecule has 0 aliphatic rings. The fraction of sp³-hybridized carbons (Fsp3) is 0.800. The molecule has 0 aliphatic heterocycles. The van der Waals surface area contributed by atoms with E-state index in [4.69, 9.17) is 5.11 Å². The van der Waals surface area contributed by atoms with Gasteiger partial charge in [0.05, 0.1) is 0 Å². The first kappa shape index (κ1) is 12.9. The van der Waals surface area contributed by atoms with Crippen molar-refractivity contribution in [1.82, 2.24) is 5.32 Å². The van der Waals surface area contributed by atoms with Crippen molar-refractivity contribution in [3.8, 4) is 0 Å². The van der Waals surface area contributed by atoms with E-state index in [1.54, 1.807) is 0 Å². The molecule has 4 nitrogen and oxygen atoms in total. The summed E-state index contributed by atoms with van der Waals surface area (Å²) >= 11 is 0. The number of carboxylic acid groups (broad SMARTS) is 1. The second-order valence-electron chi connectivity index (χ2n) is 3.83. The number of rotatable bonds is 5. The summed E-state index contributed by atoms with van der Waals surface area (Å²) in [6.07, 6.45) is 1.45. The van der Waals surface area contributed by atoms with Crippen LogP contribution in [0.2, 0.25) is 0 Å². The lowest BCUT2D eigenvalue weighted by Crippen LogP contribution is -2.50. The van der Waals surface area contributed by atoms with Gasteiger partial charge in [0.2, 0.25) is 5.91 Å². The van der Waals surface area contributed by atoms with Crippen LogP contribution in [0.3, 0.4) is 0 Å². The summed E-state index contributed by atoms with van der Waals surface area (Å²) < 4.78 is 0. The highest BCUT2D eigenvalue weighted by atomic mass is 16.4. The van der Waals surface area contributed by atoms with E-state index < -0.39 is 12.0 Å². The normalized spacial score (nSPS) is 13.4. The Morgan fingerprint density at radius 3 is 2.00 bits per heavy atom. The molecule has 0 fully saturated rings. The van der Waals surface area contributed by atoms with Gasteiger partial charge in [0.15, 0.2) is 0 Å². The summed E-state index contributed by atoms with van der Waals surface area (Å²) in [6, 6.07) is -0.796. The van der Waals surface area contributed by atoms with Gasteiger partial charge in [0.1, 0.15) is 6.04 Å². The van der Waals surface area contributed by atoms with E-state index in [0.717, 1.165) is 12.8 Å². The van der Waals surface area contributed by atoms with Crippen molar-refractivity contribution in [3.05, 3.63) is 0 Å². The molecule has 1 amide bonds. The number of nitrogens with one attached hydrogen (secondary N) is 1. The highest BCUT2D eigenvalue weighted by Gasteiger charge is 2.36. The second-order valence-corrected chi connectivity index (χ2v) is 3.83. The summed E-state index contributed by atoms with van der Waals surface area (Å²) in [5.41, 5.74) is -0.377. The summed E-state index contributed by atoms with van der Waals surface area (Å²) in [5, 5.41) is 11.5. The van der Waals surface area contributed by atoms with Crippen molar-refractivity contribution >= 4 is 11.9 Å². The number of hydrogen-bond acceptors (Lipinski definition) is 2. The number of carbonyl (C=O) groups excluding carboxylic acids is 1. The lowest BCUT2D eigenvalue weighted by Gasteiger charge is -2.33. The fourth-order valence-corrected chi connectivity index (χ4v) is 1.40. The third-order valence-corrected chi connectivity index (χ3v) is 2.91. The topological polar surface area (TPSA) is 66.4 Å². The van der Waals surface area contributed by atoms with Gasteiger partial charge in [-0.2, -0.15) is 0 Å². The Balaban J connectivity index is 4.78. The number of hydrogen-bond donors (Lipinski definition) is 2. The molecule has 0 aliphatic carbocycles. The van der Waals surface area contributed by atoms with Gasteiger partial charge in [0, 0.05) is 6.92 Å². The zero-order valence-electron chi connectivity index (χ0n) is 9.26. The van der Waals surface area contributed by atoms with E-state index in [0.29, 0.717) is 0 Å². The Morgan fingerprint density at radius 1 is 1.36 bits per heavy atom. The van der Waals surface area contributed by atoms with E-state index in [1.807, 2.05) is 20.8 Å². The molecule has 0 rings (SSSR count). The molecular weight excluding hydrogens is 182 g/mol. The Kier molecular flexibility index (Phi) is 4.60. The van der Waals surface area contributed by atoms with Crippen LogP contribution in [-0.2, 0) is 9.59 Å². The SMILES string of the molecule is CCC(C)(CC)C(NC(C)=O)C(=O)O. The lowest BCUT2D eigenvalue weighted by atomic mass is 9.77. The Bertz CT molecular complexity index is 221. The third kappa shape index (κ3) is 3.01. The molecule has 0 heterocycles. The van der Waals surface area contributed by atoms with Crippen molar-refractivity contribution in [2.24, 2.45) is 5.41 Å². The number of carboxylic acids is 1. The molecule has 82 valence electrons. The highest BCUT2D eigenvalue weighted by molar-refractivity contribution is 5.82. The van der Waals surface area contributed by atoms with Crippen molar-refractivity contribution < 1.29 is 14.7 Å². The van der Waals surface area contributed by atoms with E-state index in [9.17, 15) is 9.59 Å². The van der Waals surface area contributed by atoms with E-state index in [2.05, 4.69) is 5.32 Å². The zero-order chi connectivity index (χ0) is 11.4. The third-order valence-electron chi connectivity index (χ3n) is 2.91. The molecule has 0 spiro atoms. The van der Waals surface area contributed by atoms with Crippen molar-refractivity contribution in [1.29, 1.82) is 0 Å². The van der Waals surface area contributed by atoms with Crippen molar-refractivity contribution in [3.63, 3.8) is 0 Å². The van der Waals surface area contributed by atoms with Gasteiger partial charge in [-0.3, -0.25) is 4.79 Å². The minimum Gasteiger partial charge on any atom is -0.480 e. The van der Waals surface area contributed by atoms with Gasteiger partial charge in [-0.1, -0.05) is 20.8 Å². The van der Waals surface area contributed by atoms with Gasteiger partial charge >= 0.3 is 5.97 Å². The molecule has 4 heteroatoms. The first-order valence-corrected chi connectivity index (χ1v) is 4.87. The molecular formula is C10H19NO3. The molecule has 1 atom stereocenters. The predicted octanol–water partition coefficient (Wildman–Crippen LogP) is 1.40. The molecule has 14 heavy (non-hydrogen) atoms. The lowest BCUT2D eigenvalue weighted by molar-refractivity contribution is -0.145. The summed E-state index contributed by atoms with van der Waals surface area (Å²) in [7, 11) is 0. The van der Waals surface area contributed by atoms with Crippen molar-refractivity contribution in [2.45, 2.75) is 46.6 Å². The van der Waals surface area contributed by atoms with Crippen LogP contribution in [0.25, 0.3) is 0 Å². The largest absolute Gasteiger partial charge is 0.480 e. The minimum absolute atomic E-state index is 0.300. The average molecular weight is 201 g/mol. The van der Waals surface area contributed by atoms with Crippen LogP contribution in [0.5, 0.6) is 0 Å². The maximum atomic E-state index is 11.0. The number of amides is 1. The molecule has 0 aromatic rings. The van der Waals surface area contributed by atoms with Crippen LogP contribution in [0, 0.1) is 5.41 Å². The molecule has 0 radical (unpaired) electrons. The number of aliphatic carboxylic acids is 1. The monoisotopic (exact) mass is 201 g/mol. The van der Waals surface area contributed by atoms with Crippen LogP contribution in [0.4, 0.5) is 0 Å². The molecule has 0 saturated carbocycles. The van der Waals surface area contributed by atoms with Gasteiger partial charge in [-0.05, 0) is 18.3 Å². The summed E-state index contributed by atoms with van der Waals surface area (Å²) in [4.78, 5) is 21.8. The zero-order valence-corrected chi connectivity index (χ0v) is 9.26. The summed E-state index contributed by atoms with van der Waals surface area (Å²) in [5.74, 6) is -1.27. The Hall–Kier alpha value is -1.06. The number of carbonyl (C=O) groups is 2. The maximum Gasteiger partial charge on any atom is 0.326 e. The minimum atomic E-state index is -0.966. The second kappa shape index (κ2) is 4.98. The van der Waals surface area contributed by atoms with Gasteiger partial charge in [-0.15, -0.1) is 0 Å². The predicted molar refractivity (Wildman–Crippen MR) is 53.9 cm³/mol. The Labute approximate surface area is 84.7 Å². The first-order valence-electron chi connectivity index (χ1n) is 4.87. The smallest absolute Gasteiger partial charge is 0.326 e. The Morgan fingerprint density at radius 2 is 1.79 bits per heavy atom. The van der Waals surface area contributed by atoms with Gasteiger partial charge < -0.3 is 10.4 Å². The molecule has 0 aromatic heterocycles. The van der Waals surface area contributed by atoms with Crippen molar-refractivity contribution in [2.75, 3.05) is 0 Å². The summed E-state index contributed by atoms with van der Waals surface area (Å²) in [6.45, 7) is 7.08. The van der Waals surface area contributed by atoms with Crippen LogP contribution in [0.1, 0.15) is 40.5 Å². The quantitative estimate of drug-likeness (QED) is 0.706. The van der Waals surface area contributed by atoms with Gasteiger partial charge in [0.25, 0.3) is 0 Å². The van der Waals surface area contributed by atoms with E-state index in [1.165, 1.54) is 6.92 Å². The molecule has 0 aromatic carbocycles. The van der Waals surface area contributed by atoms with Crippen LogP contribution < -0.4 is 5.32 Å². The average Bonchev–Trinajstić information content (AvgIpc) is 2.12. The van der Waals surface area contributed by atoms with Gasteiger partial charge in [-0.25, -0.2) is 4.79 Å². The molecule has 0 saturated heterocycles. The van der Waals surface area contributed by atoms with E-state index in [-0.39, 0.29) is 11.3 Å². The maximum absolute atomic E-state index is 11.0. The fourth-order valence-electron chi connectivity index (χ4n) is 1.40. The molecule has 1 unspecified atom stereocenters. The molecule has 2 N–H and O–H groups in total. The van der Waals surface area contributed by atoms with Crippen LogP contribution in [-0.4, -0.2) is 23.0 Å².